The standard InChI is InChI=1S/C24H40INO4/c1-5-6-7-8-9-10-11-19-12-13-20(21(25)16-19)14-15-24(17-27,18-28)26-22(29)30-23(2,3)4/h12-13,16,27-28H,5-11,14-15,17-18H2,1-4H3,(H,26,29). The lowest BCUT2D eigenvalue weighted by Crippen LogP contribution is -2.55. The topological polar surface area (TPSA) is 78.8 Å². The largest absolute Gasteiger partial charge is 0.444 e. The van der Waals surface area contributed by atoms with Gasteiger partial charge in [-0.15, -0.1) is 0 Å². The summed E-state index contributed by atoms with van der Waals surface area (Å²) < 4.78 is 6.46. The van der Waals surface area contributed by atoms with E-state index in [2.05, 4.69) is 53.0 Å². The molecule has 0 aromatic heterocycles. The van der Waals surface area contributed by atoms with Crippen molar-refractivity contribution in [2.75, 3.05) is 13.2 Å². The molecule has 0 fully saturated rings. The first-order chi connectivity index (χ1) is 14.1. The number of unbranched alkanes of at least 4 members (excludes halogenated alkanes) is 5. The second kappa shape index (κ2) is 13.5. The molecule has 0 saturated heterocycles. The van der Waals surface area contributed by atoms with Gasteiger partial charge in [0.25, 0.3) is 0 Å². The van der Waals surface area contributed by atoms with Gasteiger partial charge in [0.15, 0.2) is 0 Å². The number of carbonyl (C=O) groups excluding carboxylic acids is 1. The summed E-state index contributed by atoms with van der Waals surface area (Å²) >= 11 is 2.35. The van der Waals surface area contributed by atoms with Gasteiger partial charge in [-0.05, 0) is 86.2 Å². The third kappa shape index (κ3) is 10.4. The summed E-state index contributed by atoms with van der Waals surface area (Å²) in [4.78, 5) is 12.1. The molecule has 6 heteroatoms. The third-order valence-corrected chi connectivity index (χ3v) is 6.19. The van der Waals surface area contributed by atoms with Crippen molar-refractivity contribution in [2.45, 2.75) is 96.6 Å². The highest BCUT2D eigenvalue weighted by molar-refractivity contribution is 14.1. The summed E-state index contributed by atoms with van der Waals surface area (Å²) in [5.74, 6) is 0. The number of benzene rings is 1. The molecule has 3 N–H and O–H groups in total. The van der Waals surface area contributed by atoms with Gasteiger partial charge in [0.2, 0.25) is 0 Å². The van der Waals surface area contributed by atoms with E-state index >= 15 is 0 Å². The molecule has 1 aromatic rings. The number of aliphatic hydroxyl groups is 2. The van der Waals surface area contributed by atoms with E-state index < -0.39 is 17.2 Å². The van der Waals surface area contributed by atoms with Crippen LogP contribution in [-0.4, -0.2) is 40.7 Å². The minimum atomic E-state index is -1.11. The predicted molar refractivity (Wildman–Crippen MR) is 131 cm³/mol. The average Bonchev–Trinajstić information content (AvgIpc) is 2.67. The van der Waals surface area contributed by atoms with Crippen LogP contribution < -0.4 is 5.32 Å². The zero-order chi connectivity index (χ0) is 22.6. The number of rotatable bonds is 13. The van der Waals surface area contributed by atoms with E-state index in [0.717, 1.165) is 12.0 Å². The third-order valence-electron chi connectivity index (χ3n) is 5.18. The van der Waals surface area contributed by atoms with Crippen LogP contribution in [0.15, 0.2) is 18.2 Å². The fourth-order valence-electron chi connectivity index (χ4n) is 3.30. The molecule has 0 bridgehead atoms. The summed E-state index contributed by atoms with van der Waals surface area (Å²) in [5, 5.41) is 22.4. The van der Waals surface area contributed by atoms with Gasteiger partial charge in [-0.3, -0.25) is 0 Å². The molecule has 0 radical (unpaired) electrons. The van der Waals surface area contributed by atoms with Crippen LogP contribution in [0.5, 0.6) is 0 Å². The molecule has 0 aliphatic carbocycles. The van der Waals surface area contributed by atoms with E-state index in [0.29, 0.717) is 12.8 Å². The first-order valence-corrected chi connectivity index (χ1v) is 12.2. The van der Waals surface area contributed by atoms with Gasteiger partial charge in [-0.2, -0.15) is 0 Å². The normalized spacial score (nSPS) is 12.1. The van der Waals surface area contributed by atoms with E-state index in [1.54, 1.807) is 20.8 Å². The highest BCUT2D eigenvalue weighted by Gasteiger charge is 2.32. The predicted octanol–water partition coefficient (Wildman–Crippen LogP) is 5.37. The van der Waals surface area contributed by atoms with Gasteiger partial charge in [-0.1, -0.05) is 51.2 Å². The molecule has 0 aliphatic rings. The van der Waals surface area contributed by atoms with Crippen LogP contribution in [-0.2, 0) is 17.6 Å². The summed E-state index contributed by atoms with van der Waals surface area (Å²) in [6.45, 7) is 6.87. The zero-order valence-corrected chi connectivity index (χ0v) is 21.3. The molecule has 0 saturated carbocycles. The van der Waals surface area contributed by atoms with Crippen LogP contribution in [0.4, 0.5) is 4.79 Å². The lowest BCUT2D eigenvalue weighted by Gasteiger charge is -2.32. The smallest absolute Gasteiger partial charge is 0.408 e. The zero-order valence-electron chi connectivity index (χ0n) is 19.1. The summed E-state index contributed by atoms with van der Waals surface area (Å²) in [6.07, 6.45) is 9.30. The van der Waals surface area contributed by atoms with Gasteiger partial charge >= 0.3 is 6.09 Å². The van der Waals surface area contributed by atoms with E-state index in [9.17, 15) is 15.0 Å². The Morgan fingerprint density at radius 2 is 1.67 bits per heavy atom. The van der Waals surface area contributed by atoms with Crippen molar-refractivity contribution in [3.05, 3.63) is 32.9 Å². The van der Waals surface area contributed by atoms with Gasteiger partial charge in [-0.25, -0.2) is 4.79 Å². The Kier molecular flexibility index (Phi) is 12.3. The Labute approximate surface area is 196 Å². The quantitative estimate of drug-likeness (QED) is 0.235. The number of aryl methyl sites for hydroxylation is 2. The van der Waals surface area contributed by atoms with Crippen molar-refractivity contribution in [2.24, 2.45) is 0 Å². The molecule has 0 atom stereocenters. The van der Waals surface area contributed by atoms with Gasteiger partial charge in [0.1, 0.15) is 5.60 Å². The Balaban J connectivity index is 2.62. The van der Waals surface area contributed by atoms with Crippen molar-refractivity contribution in [1.29, 1.82) is 0 Å². The Bertz CT molecular complexity index is 639. The molecule has 5 nitrogen and oxygen atoms in total. The number of hydrogen-bond acceptors (Lipinski definition) is 4. The average molecular weight is 533 g/mol. The first kappa shape index (κ1) is 27.2. The second-order valence-corrected chi connectivity index (χ2v) is 10.3. The highest BCUT2D eigenvalue weighted by Crippen LogP contribution is 2.22. The van der Waals surface area contributed by atoms with Gasteiger partial charge < -0.3 is 20.3 Å². The lowest BCUT2D eigenvalue weighted by atomic mass is 9.92. The number of hydrogen-bond donors (Lipinski definition) is 3. The minimum Gasteiger partial charge on any atom is -0.444 e. The molecule has 1 amide bonds. The highest BCUT2D eigenvalue weighted by atomic mass is 127. The van der Waals surface area contributed by atoms with Crippen molar-refractivity contribution in [3.63, 3.8) is 0 Å². The van der Waals surface area contributed by atoms with Crippen LogP contribution in [0.2, 0.25) is 0 Å². The molecule has 1 aromatic carbocycles. The Morgan fingerprint density at radius 3 is 2.23 bits per heavy atom. The fourth-order valence-corrected chi connectivity index (χ4v) is 4.15. The number of aliphatic hydroxyl groups excluding tert-OH is 2. The maximum absolute atomic E-state index is 12.1. The van der Waals surface area contributed by atoms with Gasteiger partial charge in [0, 0.05) is 3.57 Å². The number of nitrogens with one attached hydrogen (secondary N) is 1. The summed E-state index contributed by atoms with van der Waals surface area (Å²) in [6, 6.07) is 6.52. The van der Waals surface area contributed by atoms with Crippen LogP contribution in [0.1, 0.15) is 83.8 Å². The molecule has 0 heterocycles. The number of halogens is 1. The van der Waals surface area contributed by atoms with Crippen molar-refractivity contribution in [1.82, 2.24) is 5.32 Å². The maximum Gasteiger partial charge on any atom is 0.408 e. The van der Waals surface area contributed by atoms with Crippen molar-refractivity contribution >= 4 is 28.7 Å². The molecule has 172 valence electrons. The number of alkyl carbamates (subject to hydrolysis) is 1. The van der Waals surface area contributed by atoms with Crippen molar-refractivity contribution in [3.8, 4) is 0 Å². The van der Waals surface area contributed by atoms with Crippen LogP contribution in [0.25, 0.3) is 0 Å². The van der Waals surface area contributed by atoms with Crippen LogP contribution in [0, 0.1) is 3.57 Å². The second-order valence-electron chi connectivity index (χ2n) is 9.17. The monoisotopic (exact) mass is 533 g/mol. The Morgan fingerprint density at radius 1 is 1.03 bits per heavy atom. The SMILES string of the molecule is CCCCCCCCc1ccc(CCC(CO)(CO)NC(=O)OC(C)(C)C)c(I)c1. The first-order valence-electron chi connectivity index (χ1n) is 11.1. The lowest BCUT2D eigenvalue weighted by molar-refractivity contribution is 0.0276. The minimum absolute atomic E-state index is 0.352. The number of carbonyl (C=O) groups is 1. The molecule has 0 spiro atoms. The van der Waals surface area contributed by atoms with Crippen LogP contribution in [0.3, 0.4) is 0 Å². The maximum atomic E-state index is 12.1. The fraction of sp³-hybridized carbons (Fsp3) is 0.708. The number of ether oxygens (including phenoxy) is 1. The molecule has 1 rings (SSSR count). The van der Waals surface area contributed by atoms with E-state index in [1.165, 1.54) is 47.7 Å². The van der Waals surface area contributed by atoms with E-state index in [4.69, 9.17) is 4.74 Å². The molecular weight excluding hydrogens is 493 g/mol. The number of amides is 1. The molecule has 30 heavy (non-hydrogen) atoms. The van der Waals surface area contributed by atoms with Gasteiger partial charge in [0.05, 0.1) is 18.8 Å². The summed E-state index contributed by atoms with van der Waals surface area (Å²) in [7, 11) is 0. The Hall–Kier alpha value is -0.860. The van der Waals surface area contributed by atoms with E-state index in [1.807, 2.05) is 0 Å². The van der Waals surface area contributed by atoms with E-state index in [-0.39, 0.29) is 13.2 Å². The molecule has 0 unspecified atom stereocenters. The molecule has 0 aliphatic heterocycles. The molecular formula is C24H40INO4. The van der Waals surface area contributed by atoms with Crippen molar-refractivity contribution < 1.29 is 19.7 Å². The summed E-state index contributed by atoms with van der Waals surface area (Å²) in [5.41, 5.74) is 0.755. The van der Waals surface area contributed by atoms with Crippen LogP contribution >= 0.6 is 22.6 Å².